The van der Waals surface area contributed by atoms with E-state index in [1.54, 1.807) is 0 Å². The number of morpholine rings is 1. The summed E-state index contributed by atoms with van der Waals surface area (Å²) in [6.07, 6.45) is 0. The Morgan fingerprint density at radius 3 is 2.52 bits per heavy atom. The second kappa shape index (κ2) is 7.25. The van der Waals surface area contributed by atoms with Gasteiger partial charge < -0.3 is 9.47 Å². The van der Waals surface area contributed by atoms with Crippen LogP contribution in [0.2, 0.25) is 0 Å². The normalized spacial score (nSPS) is 20.6. The van der Waals surface area contributed by atoms with E-state index in [0.29, 0.717) is 26.4 Å². The molecule has 0 spiro atoms. The molecule has 0 saturated carbocycles. The summed E-state index contributed by atoms with van der Waals surface area (Å²) in [4.78, 5) is 17.3. The first-order valence-corrected chi connectivity index (χ1v) is 8.72. The molecule has 1 amide bonds. The molecular formula is C20H22N2O3. The van der Waals surface area contributed by atoms with E-state index >= 15 is 0 Å². The largest absolute Gasteiger partial charge is 0.489 e. The number of carbonyl (C=O) groups is 1. The summed E-state index contributed by atoms with van der Waals surface area (Å²) < 4.78 is 11.3. The van der Waals surface area contributed by atoms with E-state index in [0.717, 1.165) is 30.1 Å². The van der Waals surface area contributed by atoms with Crippen molar-refractivity contribution in [2.75, 3.05) is 44.4 Å². The Morgan fingerprint density at radius 1 is 1.00 bits per heavy atom. The number of para-hydroxylation sites is 2. The van der Waals surface area contributed by atoms with Crippen molar-refractivity contribution in [3.63, 3.8) is 0 Å². The summed E-state index contributed by atoms with van der Waals surface area (Å²) in [6.45, 7) is 3.85. The summed E-state index contributed by atoms with van der Waals surface area (Å²) in [6, 6.07) is 17.8. The number of carbonyl (C=O) groups excluding carboxylic acids is 1. The fraction of sp³-hybridized carbons (Fsp3) is 0.350. The average molecular weight is 338 g/mol. The van der Waals surface area contributed by atoms with E-state index in [9.17, 15) is 4.79 Å². The predicted octanol–water partition coefficient (Wildman–Crippen LogP) is 2.49. The Labute approximate surface area is 147 Å². The number of rotatable bonds is 3. The van der Waals surface area contributed by atoms with Crippen molar-refractivity contribution in [3.05, 3.63) is 60.2 Å². The first-order chi connectivity index (χ1) is 12.3. The molecule has 2 aliphatic rings. The topological polar surface area (TPSA) is 42.0 Å². The van der Waals surface area contributed by atoms with Gasteiger partial charge in [0.25, 0.3) is 0 Å². The number of benzene rings is 2. The van der Waals surface area contributed by atoms with Crippen LogP contribution in [0.3, 0.4) is 0 Å². The van der Waals surface area contributed by atoms with Crippen molar-refractivity contribution >= 4 is 11.6 Å². The van der Waals surface area contributed by atoms with Crippen LogP contribution in [0.25, 0.3) is 0 Å². The Hall–Kier alpha value is -2.37. The molecule has 1 unspecified atom stereocenters. The van der Waals surface area contributed by atoms with Crippen LogP contribution in [0.1, 0.15) is 11.6 Å². The molecule has 0 aromatic heterocycles. The maximum atomic E-state index is 13.2. The first kappa shape index (κ1) is 16.1. The van der Waals surface area contributed by atoms with Gasteiger partial charge in [0.2, 0.25) is 5.91 Å². The summed E-state index contributed by atoms with van der Waals surface area (Å²) in [5.41, 5.74) is 1.94. The van der Waals surface area contributed by atoms with Crippen molar-refractivity contribution in [1.82, 2.24) is 4.90 Å². The number of hydrogen-bond acceptors (Lipinski definition) is 4. The van der Waals surface area contributed by atoms with Crippen LogP contribution in [-0.2, 0) is 9.53 Å². The lowest BCUT2D eigenvalue weighted by atomic mass is 10.0. The van der Waals surface area contributed by atoms with E-state index in [4.69, 9.17) is 9.47 Å². The van der Waals surface area contributed by atoms with Crippen molar-refractivity contribution in [3.8, 4) is 5.75 Å². The van der Waals surface area contributed by atoms with Crippen molar-refractivity contribution in [1.29, 1.82) is 0 Å². The van der Waals surface area contributed by atoms with Gasteiger partial charge in [-0.15, -0.1) is 0 Å². The highest BCUT2D eigenvalue weighted by molar-refractivity contribution is 5.97. The zero-order valence-corrected chi connectivity index (χ0v) is 14.1. The molecule has 2 aliphatic heterocycles. The van der Waals surface area contributed by atoms with Gasteiger partial charge in [0, 0.05) is 13.1 Å². The van der Waals surface area contributed by atoms with E-state index < -0.39 is 0 Å². The van der Waals surface area contributed by atoms with Gasteiger partial charge in [-0.2, -0.15) is 0 Å². The fourth-order valence-electron chi connectivity index (χ4n) is 3.44. The van der Waals surface area contributed by atoms with Gasteiger partial charge in [-0.05, 0) is 17.7 Å². The molecule has 2 aromatic rings. The number of anilines is 1. The highest BCUT2D eigenvalue weighted by atomic mass is 16.5. The molecule has 0 N–H and O–H groups in total. The fourth-order valence-corrected chi connectivity index (χ4v) is 3.44. The van der Waals surface area contributed by atoms with Crippen LogP contribution in [0.4, 0.5) is 5.69 Å². The quantitative estimate of drug-likeness (QED) is 0.862. The molecule has 4 rings (SSSR count). The van der Waals surface area contributed by atoms with Crippen LogP contribution in [0, 0.1) is 0 Å². The monoisotopic (exact) mass is 338 g/mol. The zero-order valence-electron chi connectivity index (χ0n) is 14.1. The third-order valence-electron chi connectivity index (χ3n) is 4.75. The predicted molar refractivity (Wildman–Crippen MR) is 95.9 cm³/mol. The number of ether oxygens (including phenoxy) is 2. The molecule has 0 aliphatic carbocycles. The molecule has 5 heteroatoms. The summed E-state index contributed by atoms with van der Waals surface area (Å²) in [5.74, 6) is 0.872. The first-order valence-electron chi connectivity index (χ1n) is 8.72. The van der Waals surface area contributed by atoms with Gasteiger partial charge in [-0.3, -0.25) is 14.6 Å². The summed E-state index contributed by atoms with van der Waals surface area (Å²) in [7, 11) is 0. The third-order valence-corrected chi connectivity index (χ3v) is 4.75. The second-order valence-corrected chi connectivity index (χ2v) is 6.36. The minimum absolute atomic E-state index is 0.103. The molecular weight excluding hydrogens is 316 g/mol. The van der Waals surface area contributed by atoms with E-state index in [-0.39, 0.29) is 11.9 Å². The van der Waals surface area contributed by atoms with E-state index in [1.165, 1.54) is 0 Å². The van der Waals surface area contributed by atoms with Gasteiger partial charge in [-0.1, -0.05) is 42.5 Å². The average Bonchev–Trinajstić information content (AvgIpc) is 2.68. The minimum Gasteiger partial charge on any atom is -0.489 e. The standard InChI is InChI=1S/C20H22N2O3/c23-20(14-21-10-12-24-13-11-21)22-17-8-4-5-9-19(17)25-15-18(22)16-6-2-1-3-7-16/h1-9,18H,10-15H2. The summed E-state index contributed by atoms with van der Waals surface area (Å²) in [5, 5.41) is 0. The SMILES string of the molecule is O=C(CN1CCOCC1)N1c2ccccc2OCC1c1ccccc1. The highest BCUT2D eigenvalue weighted by Crippen LogP contribution is 2.39. The molecule has 0 radical (unpaired) electrons. The lowest BCUT2D eigenvalue weighted by Crippen LogP contribution is -2.48. The Balaban J connectivity index is 1.64. The lowest BCUT2D eigenvalue weighted by Gasteiger charge is -2.38. The van der Waals surface area contributed by atoms with Crippen molar-refractivity contribution < 1.29 is 14.3 Å². The van der Waals surface area contributed by atoms with Gasteiger partial charge in [0.05, 0.1) is 31.5 Å². The molecule has 1 fully saturated rings. The number of amides is 1. The molecule has 2 heterocycles. The van der Waals surface area contributed by atoms with Crippen LogP contribution in [0.15, 0.2) is 54.6 Å². The Morgan fingerprint density at radius 2 is 1.72 bits per heavy atom. The van der Waals surface area contributed by atoms with Gasteiger partial charge in [-0.25, -0.2) is 0 Å². The molecule has 2 aromatic carbocycles. The number of fused-ring (bicyclic) bond motifs is 1. The molecule has 5 nitrogen and oxygen atoms in total. The maximum Gasteiger partial charge on any atom is 0.241 e. The van der Waals surface area contributed by atoms with Crippen LogP contribution in [0.5, 0.6) is 5.75 Å². The van der Waals surface area contributed by atoms with E-state index in [2.05, 4.69) is 17.0 Å². The second-order valence-electron chi connectivity index (χ2n) is 6.36. The van der Waals surface area contributed by atoms with Gasteiger partial charge in [0.15, 0.2) is 0 Å². The molecule has 130 valence electrons. The van der Waals surface area contributed by atoms with E-state index in [1.807, 2.05) is 47.4 Å². The zero-order chi connectivity index (χ0) is 17.1. The Bertz CT molecular complexity index is 729. The number of hydrogen-bond donors (Lipinski definition) is 0. The molecule has 25 heavy (non-hydrogen) atoms. The third kappa shape index (κ3) is 3.38. The highest BCUT2D eigenvalue weighted by Gasteiger charge is 2.33. The smallest absolute Gasteiger partial charge is 0.241 e. The van der Waals surface area contributed by atoms with Crippen LogP contribution in [-0.4, -0.2) is 50.3 Å². The summed E-state index contributed by atoms with van der Waals surface area (Å²) >= 11 is 0. The molecule has 0 bridgehead atoms. The van der Waals surface area contributed by atoms with Crippen molar-refractivity contribution in [2.45, 2.75) is 6.04 Å². The van der Waals surface area contributed by atoms with Crippen molar-refractivity contribution in [2.24, 2.45) is 0 Å². The van der Waals surface area contributed by atoms with Gasteiger partial charge >= 0.3 is 0 Å². The maximum absolute atomic E-state index is 13.2. The minimum atomic E-state index is -0.107. The molecule has 1 atom stereocenters. The number of nitrogens with zero attached hydrogens (tertiary/aromatic N) is 2. The Kier molecular flexibility index (Phi) is 4.68. The van der Waals surface area contributed by atoms with Crippen LogP contribution >= 0.6 is 0 Å². The van der Waals surface area contributed by atoms with Gasteiger partial charge in [0.1, 0.15) is 12.4 Å². The molecule has 1 saturated heterocycles. The lowest BCUT2D eigenvalue weighted by molar-refractivity contribution is -0.121. The van der Waals surface area contributed by atoms with Crippen LogP contribution < -0.4 is 9.64 Å².